The zero-order valence-electron chi connectivity index (χ0n) is 10.7. The lowest BCUT2D eigenvalue weighted by atomic mass is 10.5. The number of hydrogen-bond donors (Lipinski definition) is 2. The Balaban J connectivity index is 1.70. The maximum Gasteiger partial charge on any atom is 0.191 e. The van der Waals surface area contributed by atoms with E-state index in [-0.39, 0.29) is 0 Å². The van der Waals surface area contributed by atoms with Gasteiger partial charge in [0.2, 0.25) is 0 Å². The van der Waals surface area contributed by atoms with Crippen LogP contribution in [0.5, 0.6) is 5.75 Å². The van der Waals surface area contributed by atoms with Gasteiger partial charge < -0.3 is 15.4 Å². The fourth-order valence-corrected chi connectivity index (χ4v) is 1.49. The molecule has 0 aromatic carbocycles. The van der Waals surface area contributed by atoms with Crippen LogP contribution in [0, 0.1) is 0 Å². The van der Waals surface area contributed by atoms with Crippen LogP contribution in [0.25, 0.3) is 0 Å². The molecule has 1 aromatic rings. The van der Waals surface area contributed by atoms with Crippen molar-refractivity contribution in [2.24, 2.45) is 4.99 Å². The summed E-state index contributed by atoms with van der Waals surface area (Å²) >= 11 is 0. The largest absolute Gasteiger partial charge is 0.490 e. The molecule has 18 heavy (non-hydrogen) atoms. The van der Waals surface area contributed by atoms with Crippen LogP contribution in [0.4, 0.5) is 0 Å². The monoisotopic (exact) mass is 248 g/mol. The van der Waals surface area contributed by atoms with E-state index in [0.29, 0.717) is 19.2 Å². The van der Waals surface area contributed by atoms with Gasteiger partial charge in [-0.05, 0) is 31.9 Å². The van der Waals surface area contributed by atoms with Gasteiger partial charge in [-0.25, -0.2) is 4.99 Å². The first-order valence-corrected chi connectivity index (χ1v) is 6.46. The summed E-state index contributed by atoms with van der Waals surface area (Å²) in [6.45, 7) is 4.14. The summed E-state index contributed by atoms with van der Waals surface area (Å²) in [7, 11) is 0. The molecule has 0 spiro atoms. The summed E-state index contributed by atoms with van der Waals surface area (Å²) in [6, 6.07) is 4.36. The van der Waals surface area contributed by atoms with Crippen molar-refractivity contribution in [1.82, 2.24) is 15.6 Å². The van der Waals surface area contributed by atoms with E-state index in [0.717, 1.165) is 18.3 Å². The second-order valence-electron chi connectivity index (χ2n) is 4.22. The van der Waals surface area contributed by atoms with Gasteiger partial charge >= 0.3 is 0 Å². The molecule has 2 N–H and O–H groups in total. The van der Waals surface area contributed by atoms with Gasteiger partial charge in [0.25, 0.3) is 0 Å². The molecule has 1 aliphatic rings. The van der Waals surface area contributed by atoms with Gasteiger partial charge in [0.05, 0.1) is 12.7 Å². The quantitative estimate of drug-likeness (QED) is 0.451. The molecule has 0 atom stereocenters. The highest BCUT2D eigenvalue weighted by molar-refractivity contribution is 5.80. The summed E-state index contributed by atoms with van der Waals surface area (Å²) < 4.78 is 5.53. The Hall–Kier alpha value is -1.78. The molecule has 2 rings (SSSR count). The molecule has 0 aliphatic heterocycles. The molecule has 0 saturated heterocycles. The molecule has 5 nitrogen and oxygen atoms in total. The van der Waals surface area contributed by atoms with Crippen LogP contribution in [0.15, 0.2) is 29.5 Å². The molecule has 1 heterocycles. The van der Waals surface area contributed by atoms with Crippen molar-refractivity contribution >= 4 is 5.96 Å². The SMILES string of the molecule is CCNC(=NCCOc1cccnc1)NC1CC1. The molecule has 0 bridgehead atoms. The van der Waals surface area contributed by atoms with Crippen molar-refractivity contribution in [3.05, 3.63) is 24.5 Å². The van der Waals surface area contributed by atoms with Crippen LogP contribution in [-0.4, -0.2) is 36.7 Å². The Morgan fingerprint density at radius 2 is 2.44 bits per heavy atom. The highest BCUT2D eigenvalue weighted by Gasteiger charge is 2.21. The van der Waals surface area contributed by atoms with E-state index < -0.39 is 0 Å². The first-order valence-electron chi connectivity index (χ1n) is 6.46. The number of nitrogens with one attached hydrogen (secondary N) is 2. The molecular weight excluding hydrogens is 228 g/mol. The number of hydrogen-bond acceptors (Lipinski definition) is 3. The summed E-state index contributed by atoms with van der Waals surface area (Å²) in [5, 5.41) is 6.59. The number of aliphatic imine (C=N–C) groups is 1. The standard InChI is InChI=1S/C13H20N4O/c1-2-15-13(17-11-5-6-11)16-8-9-18-12-4-3-7-14-10-12/h3-4,7,10-11H,2,5-6,8-9H2,1H3,(H2,15,16,17). The lowest BCUT2D eigenvalue weighted by molar-refractivity contribution is 0.327. The fraction of sp³-hybridized carbons (Fsp3) is 0.538. The van der Waals surface area contributed by atoms with Crippen LogP contribution in [-0.2, 0) is 0 Å². The fourth-order valence-electron chi connectivity index (χ4n) is 1.49. The Labute approximate surface area is 108 Å². The van der Waals surface area contributed by atoms with Crippen molar-refractivity contribution in [2.45, 2.75) is 25.8 Å². The smallest absolute Gasteiger partial charge is 0.191 e. The molecule has 1 aliphatic carbocycles. The van der Waals surface area contributed by atoms with Crippen molar-refractivity contribution in [3.8, 4) is 5.75 Å². The van der Waals surface area contributed by atoms with E-state index in [2.05, 4.69) is 27.5 Å². The van der Waals surface area contributed by atoms with E-state index in [4.69, 9.17) is 4.74 Å². The average Bonchev–Trinajstić information content (AvgIpc) is 3.20. The van der Waals surface area contributed by atoms with E-state index in [1.807, 2.05) is 12.1 Å². The van der Waals surface area contributed by atoms with Gasteiger partial charge in [0, 0.05) is 18.8 Å². The molecule has 0 amide bonds. The zero-order valence-corrected chi connectivity index (χ0v) is 10.7. The number of nitrogens with zero attached hydrogens (tertiary/aromatic N) is 2. The second kappa shape index (κ2) is 6.83. The van der Waals surface area contributed by atoms with E-state index in [1.54, 1.807) is 12.4 Å². The molecule has 1 fully saturated rings. The molecule has 98 valence electrons. The van der Waals surface area contributed by atoms with Gasteiger partial charge in [-0.15, -0.1) is 0 Å². The first-order chi connectivity index (χ1) is 8.88. The zero-order chi connectivity index (χ0) is 12.6. The predicted octanol–water partition coefficient (Wildman–Crippen LogP) is 1.18. The molecule has 0 unspecified atom stereocenters. The highest BCUT2D eigenvalue weighted by atomic mass is 16.5. The Morgan fingerprint density at radius 3 is 3.11 bits per heavy atom. The summed E-state index contributed by atoms with van der Waals surface area (Å²) in [4.78, 5) is 8.45. The maximum absolute atomic E-state index is 5.53. The van der Waals surface area contributed by atoms with Crippen LogP contribution in [0.2, 0.25) is 0 Å². The maximum atomic E-state index is 5.53. The minimum Gasteiger partial charge on any atom is -0.490 e. The number of aromatic nitrogens is 1. The van der Waals surface area contributed by atoms with Crippen LogP contribution in [0.1, 0.15) is 19.8 Å². The third kappa shape index (κ3) is 4.61. The third-order valence-corrected chi connectivity index (χ3v) is 2.53. The molecule has 5 heteroatoms. The summed E-state index contributed by atoms with van der Waals surface area (Å²) in [6.07, 6.45) is 5.93. The van der Waals surface area contributed by atoms with Gasteiger partial charge in [-0.3, -0.25) is 4.98 Å². The van der Waals surface area contributed by atoms with E-state index in [9.17, 15) is 0 Å². The van der Waals surface area contributed by atoms with Gasteiger partial charge in [-0.2, -0.15) is 0 Å². The molecule has 1 aromatic heterocycles. The van der Waals surface area contributed by atoms with Gasteiger partial charge in [-0.1, -0.05) is 0 Å². The van der Waals surface area contributed by atoms with Crippen molar-refractivity contribution in [2.75, 3.05) is 19.7 Å². The lowest BCUT2D eigenvalue weighted by Crippen LogP contribution is -2.38. The van der Waals surface area contributed by atoms with Crippen molar-refractivity contribution < 1.29 is 4.74 Å². The minimum atomic E-state index is 0.562. The van der Waals surface area contributed by atoms with Crippen LogP contribution >= 0.6 is 0 Å². The number of guanidine groups is 1. The third-order valence-electron chi connectivity index (χ3n) is 2.53. The topological polar surface area (TPSA) is 58.5 Å². The van der Waals surface area contributed by atoms with E-state index in [1.165, 1.54) is 12.8 Å². The second-order valence-corrected chi connectivity index (χ2v) is 4.22. The Morgan fingerprint density at radius 1 is 1.56 bits per heavy atom. The Kier molecular flexibility index (Phi) is 4.81. The number of ether oxygens (including phenoxy) is 1. The number of rotatable bonds is 6. The predicted molar refractivity (Wildman–Crippen MR) is 71.9 cm³/mol. The first kappa shape index (κ1) is 12.7. The van der Waals surface area contributed by atoms with Crippen LogP contribution in [0.3, 0.4) is 0 Å². The van der Waals surface area contributed by atoms with Crippen LogP contribution < -0.4 is 15.4 Å². The number of pyridine rings is 1. The Bertz CT molecular complexity index is 376. The lowest BCUT2D eigenvalue weighted by Gasteiger charge is -2.10. The van der Waals surface area contributed by atoms with Gasteiger partial charge in [0.15, 0.2) is 5.96 Å². The minimum absolute atomic E-state index is 0.562. The van der Waals surface area contributed by atoms with Crippen molar-refractivity contribution in [3.63, 3.8) is 0 Å². The highest BCUT2D eigenvalue weighted by Crippen LogP contribution is 2.18. The average molecular weight is 248 g/mol. The van der Waals surface area contributed by atoms with E-state index >= 15 is 0 Å². The van der Waals surface area contributed by atoms with Gasteiger partial charge in [0.1, 0.15) is 12.4 Å². The van der Waals surface area contributed by atoms with Crippen molar-refractivity contribution in [1.29, 1.82) is 0 Å². The summed E-state index contributed by atoms with van der Waals surface area (Å²) in [5.74, 6) is 1.67. The normalized spacial score (nSPS) is 15.3. The molecular formula is C13H20N4O. The summed E-state index contributed by atoms with van der Waals surface area (Å²) in [5.41, 5.74) is 0. The molecule has 1 saturated carbocycles. The molecule has 0 radical (unpaired) electrons.